The molecule has 0 fully saturated rings. The fraction of sp³-hybridized carbons (Fsp3) is 0.0952. The SMILES string of the molecule is O=C(Nc1cn(Cc2ccccc2C(F)(F)F)c2ccccc12)c1ccoc1. The van der Waals surface area contributed by atoms with E-state index in [9.17, 15) is 18.0 Å². The first kappa shape index (κ1) is 17.9. The van der Waals surface area contributed by atoms with Crippen LogP contribution in [-0.4, -0.2) is 10.5 Å². The molecule has 2 heterocycles. The Labute approximate surface area is 158 Å². The fourth-order valence-electron chi connectivity index (χ4n) is 3.18. The van der Waals surface area contributed by atoms with Crippen molar-refractivity contribution in [1.29, 1.82) is 0 Å². The van der Waals surface area contributed by atoms with Crippen LogP contribution in [0.5, 0.6) is 0 Å². The summed E-state index contributed by atoms with van der Waals surface area (Å²) in [7, 11) is 0. The fourth-order valence-corrected chi connectivity index (χ4v) is 3.18. The van der Waals surface area contributed by atoms with Crippen LogP contribution < -0.4 is 5.32 Å². The number of halogens is 3. The summed E-state index contributed by atoms with van der Waals surface area (Å²) in [5.74, 6) is -0.354. The van der Waals surface area contributed by atoms with Crippen LogP contribution in [0.25, 0.3) is 10.9 Å². The number of benzene rings is 2. The molecule has 0 aliphatic heterocycles. The Balaban J connectivity index is 1.73. The standard InChI is InChI=1S/C21H15F3N2O2/c22-21(23,24)17-7-3-1-5-14(17)11-26-12-18(16-6-2-4-8-19(16)26)25-20(27)15-9-10-28-13-15/h1-10,12-13H,11H2,(H,25,27). The lowest BCUT2D eigenvalue weighted by atomic mass is 10.1. The molecular weight excluding hydrogens is 369 g/mol. The number of carbonyl (C=O) groups is 1. The lowest BCUT2D eigenvalue weighted by molar-refractivity contribution is -0.138. The second kappa shape index (κ2) is 6.92. The molecule has 2 aromatic carbocycles. The molecule has 0 unspecified atom stereocenters. The summed E-state index contributed by atoms with van der Waals surface area (Å²) in [5, 5.41) is 3.54. The number of hydrogen-bond acceptors (Lipinski definition) is 2. The highest BCUT2D eigenvalue weighted by atomic mass is 19.4. The number of furan rings is 1. The van der Waals surface area contributed by atoms with Crippen molar-refractivity contribution >= 4 is 22.5 Å². The van der Waals surface area contributed by atoms with Gasteiger partial charge in [-0.05, 0) is 23.8 Å². The van der Waals surface area contributed by atoms with Gasteiger partial charge < -0.3 is 14.3 Å². The zero-order valence-electron chi connectivity index (χ0n) is 14.5. The molecule has 0 aliphatic carbocycles. The number of hydrogen-bond donors (Lipinski definition) is 1. The van der Waals surface area contributed by atoms with Crippen LogP contribution in [0.1, 0.15) is 21.5 Å². The average Bonchev–Trinajstić information content (AvgIpc) is 3.31. The van der Waals surface area contributed by atoms with Crippen LogP contribution >= 0.6 is 0 Å². The molecule has 4 rings (SSSR count). The van der Waals surface area contributed by atoms with E-state index in [1.165, 1.54) is 30.7 Å². The van der Waals surface area contributed by atoms with Crippen molar-refractivity contribution in [2.45, 2.75) is 12.7 Å². The molecule has 7 heteroatoms. The number of aromatic nitrogens is 1. The maximum atomic E-state index is 13.3. The van der Waals surface area contributed by atoms with Crippen molar-refractivity contribution in [2.75, 3.05) is 5.32 Å². The summed E-state index contributed by atoms with van der Waals surface area (Å²) in [4.78, 5) is 12.3. The van der Waals surface area contributed by atoms with E-state index in [-0.39, 0.29) is 18.0 Å². The van der Waals surface area contributed by atoms with E-state index >= 15 is 0 Å². The Bertz CT molecular complexity index is 1130. The molecular formula is C21H15F3N2O2. The Morgan fingerprint density at radius 1 is 1.04 bits per heavy atom. The number of alkyl halides is 3. The minimum Gasteiger partial charge on any atom is -0.472 e. The molecule has 1 amide bonds. The predicted octanol–water partition coefficient (Wildman–Crippen LogP) is 5.55. The predicted molar refractivity (Wildman–Crippen MR) is 99.1 cm³/mol. The summed E-state index contributed by atoms with van der Waals surface area (Å²) in [6, 6.07) is 14.2. The van der Waals surface area contributed by atoms with Gasteiger partial charge >= 0.3 is 6.18 Å². The molecule has 4 aromatic rings. The summed E-state index contributed by atoms with van der Waals surface area (Å²) in [6.45, 7) is 0.0256. The molecule has 1 N–H and O–H groups in total. The van der Waals surface area contributed by atoms with Gasteiger partial charge in [-0.15, -0.1) is 0 Å². The zero-order valence-corrected chi connectivity index (χ0v) is 14.5. The minimum atomic E-state index is -4.43. The number of fused-ring (bicyclic) bond motifs is 1. The van der Waals surface area contributed by atoms with E-state index in [4.69, 9.17) is 4.42 Å². The highest BCUT2D eigenvalue weighted by Crippen LogP contribution is 2.33. The van der Waals surface area contributed by atoms with Crippen molar-refractivity contribution in [3.8, 4) is 0 Å². The van der Waals surface area contributed by atoms with Gasteiger partial charge in [0.1, 0.15) is 6.26 Å². The molecule has 0 bridgehead atoms. The van der Waals surface area contributed by atoms with Crippen molar-refractivity contribution in [1.82, 2.24) is 4.57 Å². The van der Waals surface area contributed by atoms with Gasteiger partial charge in [-0.25, -0.2) is 0 Å². The van der Waals surface area contributed by atoms with Crippen LogP contribution in [0, 0.1) is 0 Å². The van der Waals surface area contributed by atoms with Crippen molar-refractivity contribution < 1.29 is 22.4 Å². The van der Waals surface area contributed by atoms with Crippen LogP contribution in [-0.2, 0) is 12.7 Å². The van der Waals surface area contributed by atoms with Crippen LogP contribution in [0.15, 0.2) is 77.7 Å². The molecule has 0 saturated carbocycles. The number of rotatable bonds is 4. The van der Waals surface area contributed by atoms with E-state index in [1.807, 2.05) is 12.1 Å². The molecule has 2 aromatic heterocycles. The normalized spacial score (nSPS) is 11.7. The van der Waals surface area contributed by atoms with Gasteiger partial charge in [0.2, 0.25) is 0 Å². The lowest BCUT2D eigenvalue weighted by Gasteiger charge is -2.13. The van der Waals surface area contributed by atoms with Gasteiger partial charge in [0.15, 0.2) is 0 Å². The average molecular weight is 384 g/mol. The maximum absolute atomic E-state index is 13.3. The summed E-state index contributed by atoms with van der Waals surface area (Å²) < 4.78 is 46.6. The molecule has 0 aliphatic rings. The first-order chi connectivity index (χ1) is 13.4. The Kier molecular flexibility index (Phi) is 4.43. The Morgan fingerprint density at radius 2 is 1.79 bits per heavy atom. The van der Waals surface area contributed by atoms with Gasteiger partial charge in [0.05, 0.1) is 28.6 Å². The van der Waals surface area contributed by atoms with Crippen molar-refractivity contribution in [3.05, 3.63) is 90.0 Å². The summed E-state index contributed by atoms with van der Waals surface area (Å²) in [6.07, 6.45) is -0.0615. The number of nitrogens with one attached hydrogen (secondary N) is 1. The number of amides is 1. The molecule has 4 nitrogen and oxygen atoms in total. The van der Waals surface area contributed by atoms with E-state index in [2.05, 4.69) is 5.32 Å². The number of carbonyl (C=O) groups excluding carboxylic acids is 1. The van der Waals surface area contributed by atoms with Gasteiger partial charge in [-0.2, -0.15) is 13.2 Å². The van der Waals surface area contributed by atoms with Crippen molar-refractivity contribution in [2.24, 2.45) is 0 Å². The summed E-state index contributed by atoms with van der Waals surface area (Å²) in [5.41, 5.74) is 1.09. The van der Waals surface area contributed by atoms with Crippen LogP contribution in [0.3, 0.4) is 0 Å². The third kappa shape index (κ3) is 3.38. The second-order valence-electron chi connectivity index (χ2n) is 6.31. The number of para-hydroxylation sites is 1. The molecule has 0 spiro atoms. The maximum Gasteiger partial charge on any atom is 0.416 e. The van der Waals surface area contributed by atoms with E-state index in [0.29, 0.717) is 11.3 Å². The van der Waals surface area contributed by atoms with E-state index in [1.54, 1.807) is 29.0 Å². The quantitative estimate of drug-likeness (QED) is 0.501. The van der Waals surface area contributed by atoms with E-state index in [0.717, 1.165) is 17.0 Å². The van der Waals surface area contributed by atoms with Gasteiger partial charge in [0, 0.05) is 18.1 Å². The molecule has 0 atom stereocenters. The number of anilines is 1. The zero-order chi connectivity index (χ0) is 19.7. The van der Waals surface area contributed by atoms with Crippen LogP contribution in [0.4, 0.5) is 18.9 Å². The first-order valence-electron chi connectivity index (χ1n) is 8.50. The van der Waals surface area contributed by atoms with E-state index < -0.39 is 11.7 Å². The van der Waals surface area contributed by atoms with Gasteiger partial charge in [-0.3, -0.25) is 4.79 Å². The highest BCUT2D eigenvalue weighted by molar-refractivity contribution is 6.08. The van der Waals surface area contributed by atoms with Gasteiger partial charge in [0.25, 0.3) is 5.91 Å². The monoisotopic (exact) mass is 384 g/mol. The lowest BCUT2D eigenvalue weighted by Crippen LogP contribution is -2.12. The first-order valence-corrected chi connectivity index (χ1v) is 8.50. The topological polar surface area (TPSA) is 47.2 Å². The van der Waals surface area contributed by atoms with Crippen LogP contribution in [0.2, 0.25) is 0 Å². The Hall–Kier alpha value is -3.48. The minimum absolute atomic E-state index is 0.0256. The van der Waals surface area contributed by atoms with Crippen molar-refractivity contribution in [3.63, 3.8) is 0 Å². The molecule has 0 saturated heterocycles. The third-order valence-corrected chi connectivity index (χ3v) is 4.48. The molecule has 142 valence electrons. The molecule has 28 heavy (non-hydrogen) atoms. The second-order valence-corrected chi connectivity index (χ2v) is 6.31. The largest absolute Gasteiger partial charge is 0.472 e. The smallest absolute Gasteiger partial charge is 0.416 e. The summed E-state index contributed by atoms with van der Waals surface area (Å²) >= 11 is 0. The third-order valence-electron chi connectivity index (χ3n) is 4.48. The molecule has 0 radical (unpaired) electrons. The highest BCUT2D eigenvalue weighted by Gasteiger charge is 2.33. The van der Waals surface area contributed by atoms with Gasteiger partial charge in [-0.1, -0.05) is 36.4 Å². The number of nitrogens with zero attached hydrogens (tertiary/aromatic N) is 1. The Morgan fingerprint density at radius 3 is 2.54 bits per heavy atom.